The smallest absolute Gasteiger partial charge is 0.106 e. The van der Waals surface area contributed by atoms with E-state index in [0.29, 0.717) is 10.9 Å². The Morgan fingerprint density at radius 3 is 2.89 bits per heavy atom. The van der Waals surface area contributed by atoms with Crippen LogP contribution in [0, 0.1) is 5.92 Å². The first-order valence-corrected chi connectivity index (χ1v) is 6.61. The van der Waals surface area contributed by atoms with E-state index in [2.05, 4.69) is 9.88 Å². The largest absolute Gasteiger partial charge is 0.389 e. The van der Waals surface area contributed by atoms with Crippen molar-refractivity contribution in [3.8, 4) is 0 Å². The van der Waals surface area contributed by atoms with Crippen molar-refractivity contribution < 1.29 is 4.74 Å². The van der Waals surface area contributed by atoms with Gasteiger partial charge in [-0.15, -0.1) is 0 Å². The summed E-state index contributed by atoms with van der Waals surface area (Å²) in [5.74, 6) is 0.663. The molecule has 0 atom stereocenters. The number of hydrogen-bond donors (Lipinski definition) is 1. The molecule has 1 saturated heterocycles. The second kappa shape index (κ2) is 6.11. The average Bonchev–Trinajstić information content (AvgIpc) is 2.40. The van der Waals surface area contributed by atoms with Gasteiger partial charge >= 0.3 is 0 Å². The Labute approximate surface area is 113 Å². The second-order valence-electron chi connectivity index (χ2n) is 4.64. The number of nitrogens with two attached hydrogens (primary N) is 1. The fourth-order valence-electron chi connectivity index (χ4n) is 2.42. The Morgan fingerprint density at radius 2 is 2.28 bits per heavy atom. The third-order valence-corrected chi connectivity index (χ3v) is 3.64. The minimum atomic E-state index is 0.436. The molecule has 1 aliphatic heterocycles. The van der Waals surface area contributed by atoms with Crippen LogP contribution in [0.15, 0.2) is 18.5 Å². The van der Waals surface area contributed by atoms with Crippen molar-refractivity contribution in [1.29, 1.82) is 0 Å². The molecule has 0 amide bonds. The van der Waals surface area contributed by atoms with Gasteiger partial charge in [0.1, 0.15) is 4.99 Å². The number of pyridine rings is 1. The van der Waals surface area contributed by atoms with E-state index in [1.807, 2.05) is 12.3 Å². The van der Waals surface area contributed by atoms with E-state index in [-0.39, 0.29) is 0 Å². The predicted molar refractivity (Wildman–Crippen MR) is 76.9 cm³/mol. The highest BCUT2D eigenvalue weighted by Gasteiger charge is 2.21. The quantitative estimate of drug-likeness (QED) is 0.838. The molecular weight excluding hydrogens is 246 g/mol. The van der Waals surface area contributed by atoms with Gasteiger partial charge in [-0.25, -0.2) is 0 Å². The van der Waals surface area contributed by atoms with E-state index in [4.69, 9.17) is 22.7 Å². The van der Waals surface area contributed by atoms with Crippen molar-refractivity contribution in [2.75, 3.05) is 31.7 Å². The first-order valence-electron chi connectivity index (χ1n) is 6.20. The van der Waals surface area contributed by atoms with Gasteiger partial charge < -0.3 is 15.4 Å². The zero-order chi connectivity index (χ0) is 13.0. The lowest BCUT2D eigenvalue weighted by Crippen LogP contribution is -2.36. The molecule has 4 nitrogen and oxygen atoms in total. The number of ether oxygens (including phenoxy) is 1. The summed E-state index contributed by atoms with van der Waals surface area (Å²) in [7, 11) is 1.76. The number of nitrogens with zero attached hydrogens (tertiary/aromatic N) is 2. The first kappa shape index (κ1) is 13.2. The number of methoxy groups -OCH3 is 1. The Balaban J connectivity index is 2.07. The minimum absolute atomic E-state index is 0.436. The summed E-state index contributed by atoms with van der Waals surface area (Å²) in [4.78, 5) is 6.93. The maximum absolute atomic E-state index is 5.75. The van der Waals surface area contributed by atoms with Crippen LogP contribution in [0.4, 0.5) is 5.69 Å². The van der Waals surface area contributed by atoms with E-state index in [1.165, 1.54) is 0 Å². The van der Waals surface area contributed by atoms with E-state index >= 15 is 0 Å². The summed E-state index contributed by atoms with van der Waals surface area (Å²) in [6.07, 6.45) is 5.86. The van der Waals surface area contributed by atoms with Gasteiger partial charge in [-0.2, -0.15) is 0 Å². The lowest BCUT2D eigenvalue weighted by Gasteiger charge is -2.34. The summed E-state index contributed by atoms with van der Waals surface area (Å²) in [6, 6.07) is 1.89. The average molecular weight is 265 g/mol. The van der Waals surface area contributed by atoms with Gasteiger partial charge in [0.25, 0.3) is 0 Å². The van der Waals surface area contributed by atoms with Crippen molar-refractivity contribution >= 4 is 22.9 Å². The van der Waals surface area contributed by atoms with Gasteiger partial charge in [-0.05, 0) is 24.8 Å². The van der Waals surface area contributed by atoms with Crippen LogP contribution in [0.2, 0.25) is 0 Å². The monoisotopic (exact) mass is 265 g/mol. The van der Waals surface area contributed by atoms with Crippen LogP contribution in [0.25, 0.3) is 0 Å². The molecule has 1 aromatic heterocycles. The van der Waals surface area contributed by atoms with Crippen molar-refractivity contribution in [3.05, 3.63) is 24.0 Å². The van der Waals surface area contributed by atoms with Crippen LogP contribution < -0.4 is 10.6 Å². The normalized spacial score (nSPS) is 16.8. The number of hydrogen-bond acceptors (Lipinski definition) is 4. The van der Waals surface area contributed by atoms with Gasteiger partial charge in [0.2, 0.25) is 0 Å². The Hall–Kier alpha value is -1.20. The summed E-state index contributed by atoms with van der Waals surface area (Å²) >= 11 is 5.09. The van der Waals surface area contributed by atoms with Crippen LogP contribution in [0.5, 0.6) is 0 Å². The van der Waals surface area contributed by atoms with Gasteiger partial charge in [0.05, 0.1) is 11.9 Å². The standard InChI is InChI=1S/C13H19N3OS/c1-17-9-10-3-6-16(7-4-10)12-8-15-5-2-11(12)13(14)18/h2,5,8,10H,3-4,6-7,9H2,1H3,(H2,14,18). The zero-order valence-corrected chi connectivity index (χ0v) is 11.4. The Kier molecular flexibility index (Phi) is 4.49. The number of anilines is 1. The highest BCUT2D eigenvalue weighted by atomic mass is 32.1. The lowest BCUT2D eigenvalue weighted by atomic mass is 9.97. The molecule has 0 aromatic carbocycles. The third kappa shape index (κ3) is 2.97. The Bertz CT molecular complexity index is 416. The Morgan fingerprint density at radius 1 is 1.56 bits per heavy atom. The molecule has 5 heteroatoms. The molecule has 0 radical (unpaired) electrons. The van der Waals surface area contributed by atoms with Gasteiger partial charge in [0.15, 0.2) is 0 Å². The highest BCUT2D eigenvalue weighted by molar-refractivity contribution is 7.80. The van der Waals surface area contributed by atoms with Crippen LogP contribution in [0.1, 0.15) is 18.4 Å². The van der Waals surface area contributed by atoms with E-state index < -0.39 is 0 Å². The molecule has 1 aliphatic rings. The van der Waals surface area contributed by atoms with Crippen LogP contribution in [-0.2, 0) is 4.74 Å². The van der Waals surface area contributed by atoms with Crippen LogP contribution >= 0.6 is 12.2 Å². The molecule has 0 spiro atoms. The van der Waals surface area contributed by atoms with Crippen molar-refractivity contribution in [1.82, 2.24) is 4.98 Å². The first-order chi connectivity index (χ1) is 8.72. The number of thiocarbonyl (C=S) groups is 1. The molecule has 1 aromatic rings. The molecule has 0 saturated carbocycles. The maximum Gasteiger partial charge on any atom is 0.106 e. The predicted octanol–water partition coefficient (Wildman–Crippen LogP) is 1.58. The topological polar surface area (TPSA) is 51.4 Å². The molecule has 0 unspecified atom stereocenters. The van der Waals surface area contributed by atoms with Gasteiger partial charge in [-0.1, -0.05) is 12.2 Å². The molecule has 2 heterocycles. The number of aromatic nitrogens is 1. The summed E-state index contributed by atoms with van der Waals surface area (Å²) in [5.41, 5.74) is 7.73. The maximum atomic E-state index is 5.75. The summed E-state index contributed by atoms with van der Waals surface area (Å²) in [6.45, 7) is 2.87. The molecule has 1 fully saturated rings. The second-order valence-corrected chi connectivity index (χ2v) is 5.08. The van der Waals surface area contributed by atoms with E-state index in [9.17, 15) is 0 Å². The summed E-state index contributed by atoms with van der Waals surface area (Å²) in [5, 5.41) is 0. The zero-order valence-electron chi connectivity index (χ0n) is 10.6. The van der Waals surface area contributed by atoms with Gasteiger partial charge in [-0.3, -0.25) is 4.98 Å². The fraction of sp³-hybridized carbons (Fsp3) is 0.538. The van der Waals surface area contributed by atoms with Gasteiger partial charge in [0, 0.05) is 38.6 Å². The molecular formula is C13H19N3OS. The number of piperidine rings is 1. The lowest BCUT2D eigenvalue weighted by molar-refractivity contribution is 0.139. The molecule has 18 heavy (non-hydrogen) atoms. The highest BCUT2D eigenvalue weighted by Crippen LogP contribution is 2.25. The minimum Gasteiger partial charge on any atom is -0.389 e. The van der Waals surface area contributed by atoms with E-state index in [0.717, 1.165) is 43.8 Å². The molecule has 0 aliphatic carbocycles. The van der Waals surface area contributed by atoms with Crippen LogP contribution in [-0.4, -0.2) is 36.8 Å². The molecule has 98 valence electrons. The third-order valence-electron chi connectivity index (χ3n) is 3.42. The van der Waals surface area contributed by atoms with Crippen LogP contribution in [0.3, 0.4) is 0 Å². The molecule has 0 bridgehead atoms. The molecule has 2 rings (SSSR count). The van der Waals surface area contributed by atoms with Crippen molar-refractivity contribution in [3.63, 3.8) is 0 Å². The summed E-state index contributed by atoms with van der Waals surface area (Å²) < 4.78 is 5.21. The molecule has 2 N–H and O–H groups in total. The van der Waals surface area contributed by atoms with Crippen molar-refractivity contribution in [2.45, 2.75) is 12.8 Å². The fourth-order valence-corrected chi connectivity index (χ4v) is 2.60. The van der Waals surface area contributed by atoms with Crippen molar-refractivity contribution in [2.24, 2.45) is 11.7 Å². The number of rotatable bonds is 4. The van der Waals surface area contributed by atoms with E-state index in [1.54, 1.807) is 13.3 Å². The SMILES string of the molecule is COCC1CCN(c2cnccc2C(N)=S)CC1.